The van der Waals surface area contributed by atoms with Crippen LogP contribution < -0.4 is 15.4 Å². The van der Waals surface area contributed by atoms with Crippen molar-refractivity contribution in [2.45, 2.75) is 19.2 Å². The Hall–Kier alpha value is -3.23. The Kier molecular flexibility index (Phi) is 7.50. The van der Waals surface area contributed by atoms with Gasteiger partial charge in [0.2, 0.25) is 0 Å². The highest BCUT2D eigenvalue weighted by atomic mass is 35.5. The van der Waals surface area contributed by atoms with Crippen molar-refractivity contribution in [2.75, 3.05) is 5.32 Å². The molecule has 0 bridgehead atoms. The summed E-state index contributed by atoms with van der Waals surface area (Å²) in [6.45, 7) is 1.60. The van der Waals surface area contributed by atoms with Crippen LogP contribution in [0.1, 0.15) is 34.5 Å². The quantitative estimate of drug-likeness (QED) is 0.395. The van der Waals surface area contributed by atoms with E-state index in [1.54, 1.807) is 43.3 Å². The summed E-state index contributed by atoms with van der Waals surface area (Å²) in [7, 11) is 0. The van der Waals surface area contributed by atoms with Crippen LogP contribution in [0, 0.1) is 0 Å². The molecule has 1 atom stereocenters. The number of rotatable bonds is 5. The molecule has 172 valence electrons. The zero-order valence-corrected chi connectivity index (χ0v) is 18.6. The van der Waals surface area contributed by atoms with Crippen LogP contribution in [0.4, 0.5) is 23.7 Å². The Balaban J connectivity index is 1.76. The van der Waals surface area contributed by atoms with E-state index in [0.29, 0.717) is 10.6 Å². The zero-order valence-electron chi connectivity index (χ0n) is 17.0. The van der Waals surface area contributed by atoms with E-state index in [4.69, 9.17) is 27.9 Å². The molecule has 2 N–H and O–H groups in total. The predicted octanol–water partition coefficient (Wildman–Crippen LogP) is 7.11. The smallest absolute Gasteiger partial charge is 0.420 e. The lowest BCUT2D eigenvalue weighted by molar-refractivity contribution is -0.139. The fraction of sp³-hybridized carbons (Fsp3) is 0.130. The minimum atomic E-state index is -4.75. The first-order chi connectivity index (χ1) is 15.5. The van der Waals surface area contributed by atoms with E-state index in [2.05, 4.69) is 5.32 Å². The fourth-order valence-corrected chi connectivity index (χ4v) is 3.25. The lowest BCUT2D eigenvalue weighted by Crippen LogP contribution is -2.34. The van der Waals surface area contributed by atoms with Crippen molar-refractivity contribution in [3.63, 3.8) is 0 Å². The third kappa shape index (κ3) is 6.40. The molecule has 0 saturated heterocycles. The predicted molar refractivity (Wildman–Crippen MR) is 120 cm³/mol. The number of halogens is 5. The molecule has 3 aromatic carbocycles. The van der Waals surface area contributed by atoms with Crippen molar-refractivity contribution < 1.29 is 27.5 Å². The molecule has 0 aliphatic heterocycles. The van der Waals surface area contributed by atoms with Crippen LogP contribution in [0.15, 0.2) is 66.7 Å². The van der Waals surface area contributed by atoms with Crippen molar-refractivity contribution in [3.05, 3.63) is 93.5 Å². The monoisotopic (exact) mass is 496 g/mol. The van der Waals surface area contributed by atoms with Crippen molar-refractivity contribution in [2.24, 2.45) is 0 Å². The van der Waals surface area contributed by atoms with Gasteiger partial charge in [0, 0.05) is 10.7 Å². The van der Waals surface area contributed by atoms with Crippen molar-refractivity contribution in [3.8, 4) is 5.75 Å². The van der Waals surface area contributed by atoms with Gasteiger partial charge in [-0.1, -0.05) is 47.5 Å². The van der Waals surface area contributed by atoms with Crippen LogP contribution >= 0.6 is 23.2 Å². The van der Waals surface area contributed by atoms with Gasteiger partial charge in [0.25, 0.3) is 5.91 Å². The topological polar surface area (TPSA) is 67.4 Å². The normalized spacial score (nSPS) is 12.1. The second kappa shape index (κ2) is 10.1. The number of amides is 3. The van der Waals surface area contributed by atoms with Crippen molar-refractivity contribution in [1.82, 2.24) is 5.32 Å². The molecular formula is C23H17Cl2F3N2O3. The SMILES string of the molecule is CC(Oc1ccc(NC(=O)NC(=O)c2ccccc2Cl)cc1C(F)(F)F)c1ccc(Cl)cc1. The number of hydrogen-bond donors (Lipinski definition) is 2. The molecule has 0 heterocycles. The van der Waals surface area contributed by atoms with Crippen molar-refractivity contribution >= 4 is 40.8 Å². The summed E-state index contributed by atoms with van der Waals surface area (Å²) < 4.78 is 46.5. The highest BCUT2D eigenvalue weighted by Crippen LogP contribution is 2.39. The molecule has 0 aromatic heterocycles. The standard InChI is InChI=1S/C23H17Cl2F3N2O3/c1-13(14-6-8-15(24)9-7-14)33-20-11-10-16(12-18(20)23(26,27)28)29-22(32)30-21(31)17-4-2-3-5-19(17)25/h2-13H,1H3,(H2,29,30,31,32). The summed E-state index contributed by atoms with van der Waals surface area (Å²) >= 11 is 11.7. The molecule has 0 saturated carbocycles. The number of hydrogen-bond acceptors (Lipinski definition) is 3. The Morgan fingerprint density at radius 3 is 2.27 bits per heavy atom. The molecule has 3 rings (SSSR count). The molecule has 33 heavy (non-hydrogen) atoms. The largest absolute Gasteiger partial charge is 0.485 e. The average molecular weight is 497 g/mol. The first kappa shape index (κ1) is 24.4. The van der Waals surface area contributed by atoms with Gasteiger partial charge in [-0.2, -0.15) is 13.2 Å². The number of carbonyl (C=O) groups excluding carboxylic acids is 2. The van der Waals surface area contributed by atoms with Gasteiger partial charge in [-0.25, -0.2) is 4.79 Å². The first-order valence-electron chi connectivity index (χ1n) is 9.55. The summed E-state index contributed by atoms with van der Waals surface area (Å²) in [6.07, 6.45) is -5.45. The maximum atomic E-state index is 13.7. The van der Waals surface area contributed by atoms with E-state index in [-0.39, 0.29) is 16.3 Å². The maximum absolute atomic E-state index is 13.7. The Labute approximate surface area is 197 Å². The average Bonchev–Trinajstić information content (AvgIpc) is 2.74. The molecule has 0 spiro atoms. The molecule has 0 aliphatic rings. The Morgan fingerprint density at radius 1 is 0.970 bits per heavy atom. The summed E-state index contributed by atoms with van der Waals surface area (Å²) in [4.78, 5) is 24.3. The molecule has 3 amide bonds. The van der Waals surface area contributed by atoms with E-state index in [0.717, 1.165) is 12.1 Å². The number of ether oxygens (including phenoxy) is 1. The second-order valence-electron chi connectivity index (χ2n) is 6.91. The van der Waals surface area contributed by atoms with E-state index >= 15 is 0 Å². The van der Waals surface area contributed by atoms with Gasteiger partial charge in [0.05, 0.1) is 16.1 Å². The zero-order chi connectivity index (χ0) is 24.2. The molecule has 3 aromatic rings. The van der Waals surface area contributed by atoms with Gasteiger partial charge in [-0.3, -0.25) is 10.1 Å². The molecular weight excluding hydrogens is 480 g/mol. The third-order valence-corrected chi connectivity index (χ3v) is 5.11. The van der Waals surface area contributed by atoms with E-state index in [1.807, 2.05) is 5.32 Å². The van der Waals surface area contributed by atoms with Crippen LogP contribution in [0.2, 0.25) is 10.0 Å². The number of urea groups is 1. The van der Waals surface area contributed by atoms with Crippen LogP contribution in [0.5, 0.6) is 5.75 Å². The minimum Gasteiger partial charge on any atom is -0.485 e. The van der Waals surface area contributed by atoms with Gasteiger partial charge >= 0.3 is 12.2 Å². The Morgan fingerprint density at radius 2 is 1.64 bits per heavy atom. The first-order valence-corrected chi connectivity index (χ1v) is 10.3. The van der Waals surface area contributed by atoms with Gasteiger partial charge < -0.3 is 10.1 Å². The van der Waals surface area contributed by atoms with Crippen LogP contribution in [-0.2, 0) is 6.18 Å². The number of alkyl halides is 3. The molecule has 1 unspecified atom stereocenters. The molecule has 0 radical (unpaired) electrons. The molecule has 10 heteroatoms. The van der Waals surface area contributed by atoms with Gasteiger partial charge in [0.15, 0.2) is 0 Å². The maximum Gasteiger partial charge on any atom is 0.420 e. The van der Waals surface area contributed by atoms with Crippen LogP contribution in [-0.4, -0.2) is 11.9 Å². The van der Waals surface area contributed by atoms with Crippen LogP contribution in [0.3, 0.4) is 0 Å². The summed E-state index contributed by atoms with van der Waals surface area (Å²) in [5.41, 5.74) is -0.589. The lowest BCUT2D eigenvalue weighted by atomic mass is 10.1. The summed E-state index contributed by atoms with van der Waals surface area (Å²) in [6, 6.07) is 14.6. The number of benzene rings is 3. The molecule has 0 fully saturated rings. The molecule has 0 aliphatic carbocycles. The third-order valence-electron chi connectivity index (χ3n) is 4.53. The van der Waals surface area contributed by atoms with Gasteiger partial charge in [-0.05, 0) is 55.0 Å². The Bertz CT molecular complexity index is 1170. The molecule has 5 nitrogen and oxygen atoms in total. The number of imide groups is 1. The number of nitrogens with one attached hydrogen (secondary N) is 2. The second-order valence-corrected chi connectivity index (χ2v) is 7.75. The highest BCUT2D eigenvalue weighted by molar-refractivity contribution is 6.34. The van der Waals surface area contributed by atoms with E-state index < -0.39 is 35.5 Å². The van der Waals surface area contributed by atoms with Crippen LogP contribution in [0.25, 0.3) is 0 Å². The number of carbonyl (C=O) groups is 2. The van der Waals surface area contributed by atoms with E-state index in [1.165, 1.54) is 18.2 Å². The summed E-state index contributed by atoms with van der Waals surface area (Å²) in [5.74, 6) is -1.21. The van der Waals surface area contributed by atoms with E-state index in [9.17, 15) is 22.8 Å². The number of anilines is 1. The van der Waals surface area contributed by atoms with Gasteiger partial charge in [0.1, 0.15) is 11.9 Å². The fourth-order valence-electron chi connectivity index (χ4n) is 2.90. The highest BCUT2D eigenvalue weighted by Gasteiger charge is 2.35. The lowest BCUT2D eigenvalue weighted by Gasteiger charge is -2.20. The minimum absolute atomic E-state index is 0.0465. The van der Waals surface area contributed by atoms with Gasteiger partial charge in [-0.15, -0.1) is 0 Å². The van der Waals surface area contributed by atoms with Crippen molar-refractivity contribution in [1.29, 1.82) is 0 Å². The summed E-state index contributed by atoms with van der Waals surface area (Å²) in [5, 5.41) is 4.84.